The van der Waals surface area contributed by atoms with E-state index in [1.807, 2.05) is 12.3 Å². The molecular formula is C14H16N2O2. The fourth-order valence-electron chi connectivity index (χ4n) is 2.47. The van der Waals surface area contributed by atoms with Crippen LogP contribution in [0.25, 0.3) is 10.9 Å². The molecule has 1 aromatic carbocycles. The van der Waals surface area contributed by atoms with Crippen molar-refractivity contribution in [2.24, 2.45) is 5.41 Å². The molecule has 0 bridgehead atoms. The highest BCUT2D eigenvalue weighted by molar-refractivity contribution is 5.80. The molecule has 0 saturated carbocycles. The minimum atomic E-state index is -0.342. The third-order valence-electron chi connectivity index (χ3n) is 3.53. The quantitative estimate of drug-likeness (QED) is 0.810. The maximum absolute atomic E-state index is 11.4. The summed E-state index contributed by atoms with van der Waals surface area (Å²) in [6.07, 6.45) is 1.58. The maximum atomic E-state index is 11.4. The number of amides is 1. The zero-order valence-electron chi connectivity index (χ0n) is 10.5. The molecule has 2 heterocycles. The molecule has 0 spiro atoms. The van der Waals surface area contributed by atoms with E-state index in [1.165, 1.54) is 5.39 Å². The van der Waals surface area contributed by atoms with Gasteiger partial charge in [0.1, 0.15) is 6.61 Å². The number of rotatable bonds is 1. The van der Waals surface area contributed by atoms with Gasteiger partial charge in [0.15, 0.2) is 0 Å². The minimum absolute atomic E-state index is 0.0218. The first-order chi connectivity index (χ1) is 8.56. The summed E-state index contributed by atoms with van der Waals surface area (Å²) in [6.45, 7) is 4.62. The van der Waals surface area contributed by atoms with Crippen LogP contribution in [-0.4, -0.2) is 17.7 Å². The largest absolute Gasteiger partial charge is 0.449 e. The number of benzene rings is 1. The van der Waals surface area contributed by atoms with E-state index in [0.717, 1.165) is 11.1 Å². The van der Waals surface area contributed by atoms with Gasteiger partial charge in [0.25, 0.3) is 0 Å². The van der Waals surface area contributed by atoms with Gasteiger partial charge in [-0.25, -0.2) is 4.79 Å². The predicted octanol–water partition coefficient (Wildman–Crippen LogP) is 2.98. The number of aromatic nitrogens is 1. The van der Waals surface area contributed by atoms with Gasteiger partial charge >= 0.3 is 6.09 Å². The Morgan fingerprint density at radius 1 is 1.33 bits per heavy atom. The molecule has 4 nitrogen and oxygen atoms in total. The van der Waals surface area contributed by atoms with Gasteiger partial charge in [-0.05, 0) is 23.1 Å². The second kappa shape index (κ2) is 3.77. The molecule has 0 radical (unpaired) electrons. The average molecular weight is 244 g/mol. The first-order valence-corrected chi connectivity index (χ1v) is 6.07. The number of carbonyl (C=O) groups excluding carboxylic acids is 1. The molecule has 1 saturated heterocycles. The highest BCUT2D eigenvalue weighted by Crippen LogP contribution is 2.37. The van der Waals surface area contributed by atoms with E-state index in [-0.39, 0.29) is 17.6 Å². The second-order valence-electron chi connectivity index (χ2n) is 5.47. The molecule has 3 rings (SSSR count). The first-order valence-electron chi connectivity index (χ1n) is 6.07. The summed E-state index contributed by atoms with van der Waals surface area (Å²) < 4.78 is 5.06. The molecule has 2 aromatic rings. The van der Waals surface area contributed by atoms with Crippen LogP contribution in [0.4, 0.5) is 4.79 Å². The zero-order chi connectivity index (χ0) is 12.8. The number of hydrogen-bond acceptors (Lipinski definition) is 2. The topological polar surface area (TPSA) is 54.1 Å². The van der Waals surface area contributed by atoms with Crippen molar-refractivity contribution in [1.29, 1.82) is 0 Å². The SMILES string of the molecule is CC1(C)COC(=O)N[C@@H]1c1ccc2cc[nH]c2c1. The van der Waals surface area contributed by atoms with Gasteiger partial charge in [0.05, 0.1) is 6.04 Å². The third kappa shape index (κ3) is 1.74. The Labute approximate surface area is 105 Å². The summed E-state index contributed by atoms with van der Waals surface area (Å²) in [5.74, 6) is 0. The molecule has 4 heteroatoms. The second-order valence-corrected chi connectivity index (χ2v) is 5.47. The Morgan fingerprint density at radius 2 is 2.17 bits per heavy atom. The van der Waals surface area contributed by atoms with Crippen LogP contribution in [0, 0.1) is 5.41 Å². The molecular weight excluding hydrogens is 228 g/mol. The number of alkyl carbamates (subject to hydrolysis) is 1. The lowest BCUT2D eigenvalue weighted by molar-refractivity contribution is 0.0388. The molecule has 1 atom stereocenters. The Bertz CT molecular complexity index is 601. The van der Waals surface area contributed by atoms with E-state index in [0.29, 0.717) is 6.61 Å². The van der Waals surface area contributed by atoms with Crippen LogP contribution in [-0.2, 0) is 4.74 Å². The Morgan fingerprint density at radius 3 is 3.00 bits per heavy atom. The molecule has 1 fully saturated rings. The lowest BCUT2D eigenvalue weighted by Crippen LogP contribution is -2.46. The molecule has 18 heavy (non-hydrogen) atoms. The summed E-state index contributed by atoms with van der Waals surface area (Å²) in [6, 6.07) is 8.24. The number of hydrogen-bond donors (Lipinski definition) is 2. The lowest BCUT2D eigenvalue weighted by Gasteiger charge is -2.38. The van der Waals surface area contributed by atoms with Crippen LogP contribution in [0.15, 0.2) is 30.5 Å². The number of ether oxygens (including phenoxy) is 1. The van der Waals surface area contributed by atoms with Gasteiger partial charge in [-0.2, -0.15) is 0 Å². The smallest absolute Gasteiger partial charge is 0.407 e. The summed E-state index contributed by atoms with van der Waals surface area (Å²) in [4.78, 5) is 14.6. The van der Waals surface area contributed by atoms with Crippen molar-refractivity contribution in [2.75, 3.05) is 6.61 Å². The van der Waals surface area contributed by atoms with Gasteiger partial charge in [-0.3, -0.25) is 0 Å². The Balaban J connectivity index is 2.03. The van der Waals surface area contributed by atoms with Crippen LogP contribution in [0.1, 0.15) is 25.5 Å². The van der Waals surface area contributed by atoms with Crippen molar-refractivity contribution in [3.8, 4) is 0 Å². The highest BCUT2D eigenvalue weighted by atomic mass is 16.6. The van der Waals surface area contributed by atoms with Crippen LogP contribution in [0.5, 0.6) is 0 Å². The van der Waals surface area contributed by atoms with E-state index >= 15 is 0 Å². The van der Waals surface area contributed by atoms with Gasteiger partial charge in [0.2, 0.25) is 0 Å². The third-order valence-corrected chi connectivity index (χ3v) is 3.53. The van der Waals surface area contributed by atoms with Crippen molar-refractivity contribution in [3.63, 3.8) is 0 Å². The van der Waals surface area contributed by atoms with E-state index in [9.17, 15) is 4.79 Å². The van der Waals surface area contributed by atoms with Crippen molar-refractivity contribution in [2.45, 2.75) is 19.9 Å². The number of H-pyrrole nitrogens is 1. The molecule has 94 valence electrons. The predicted molar refractivity (Wildman–Crippen MR) is 69.3 cm³/mol. The fourth-order valence-corrected chi connectivity index (χ4v) is 2.47. The standard InChI is InChI=1S/C14H16N2O2/c1-14(2)8-18-13(17)16-12(14)10-4-3-9-5-6-15-11(9)7-10/h3-7,12,15H,8H2,1-2H3,(H,16,17)/t12-/m1/s1. The first kappa shape index (κ1) is 11.1. The van der Waals surface area contributed by atoms with Crippen LogP contribution in [0.3, 0.4) is 0 Å². The summed E-state index contributed by atoms with van der Waals surface area (Å²) in [5.41, 5.74) is 2.07. The van der Waals surface area contributed by atoms with Crippen LogP contribution in [0.2, 0.25) is 0 Å². The molecule has 0 unspecified atom stereocenters. The Kier molecular flexibility index (Phi) is 2.33. The van der Waals surface area contributed by atoms with Gasteiger partial charge in [0, 0.05) is 17.1 Å². The number of aromatic amines is 1. The monoisotopic (exact) mass is 244 g/mol. The Hall–Kier alpha value is -1.97. The minimum Gasteiger partial charge on any atom is -0.449 e. The highest BCUT2D eigenvalue weighted by Gasteiger charge is 2.37. The number of cyclic esters (lactones) is 1. The van der Waals surface area contributed by atoms with Crippen LogP contribution < -0.4 is 5.32 Å². The van der Waals surface area contributed by atoms with Crippen LogP contribution >= 0.6 is 0 Å². The molecule has 2 N–H and O–H groups in total. The molecule has 0 aliphatic carbocycles. The van der Waals surface area contributed by atoms with Crippen molar-refractivity contribution in [1.82, 2.24) is 10.3 Å². The molecule has 1 aromatic heterocycles. The molecule has 1 amide bonds. The normalized spacial score (nSPS) is 22.6. The number of carbonyl (C=O) groups is 1. The van der Waals surface area contributed by atoms with Gasteiger partial charge < -0.3 is 15.0 Å². The van der Waals surface area contributed by atoms with Gasteiger partial charge in [-0.1, -0.05) is 26.0 Å². The molecule has 1 aliphatic heterocycles. The molecule has 1 aliphatic rings. The van der Waals surface area contributed by atoms with Gasteiger partial charge in [-0.15, -0.1) is 0 Å². The summed E-state index contributed by atoms with van der Waals surface area (Å²) in [7, 11) is 0. The van der Waals surface area contributed by atoms with Crippen molar-refractivity contribution < 1.29 is 9.53 Å². The fraction of sp³-hybridized carbons (Fsp3) is 0.357. The lowest BCUT2D eigenvalue weighted by atomic mass is 9.80. The van der Waals surface area contributed by atoms with Crippen molar-refractivity contribution in [3.05, 3.63) is 36.0 Å². The average Bonchev–Trinajstić information content (AvgIpc) is 2.79. The van der Waals surface area contributed by atoms with E-state index < -0.39 is 0 Å². The summed E-state index contributed by atoms with van der Waals surface area (Å²) in [5, 5.41) is 4.08. The van der Waals surface area contributed by atoms with Crippen molar-refractivity contribution >= 4 is 17.0 Å². The van der Waals surface area contributed by atoms with E-state index in [4.69, 9.17) is 4.74 Å². The zero-order valence-corrected chi connectivity index (χ0v) is 10.5. The number of nitrogens with one attached hydrogen (secondary N) is 2. The summed E-state index contributed by atoms with van der Waals surface area (Å²) >= 11 is 0. The maximum Gasteiger partial charge on any atom is 0.407 e. The number of fused-ring (bicyclic) bond motifs is 1. The van der Waals surface area contributed by atoms with E-state index in [1.54, 1.807) is 0 Å². The van der Waals surface area contributed by atoms with E-state index in [2.05, 4.69) is 42.3 Å².